The molecule has 0 amide bonds. The summed E-state index contributed by atoms with van der Waals surface area (Å²) in [7, 11) is 0. The fraction of sp³-hybridized carbons (Fsp3) is 0.375. The van der Waals surface area contributed by atoms with E-state index in [0.717, 1.165) is 42.4 Å². The van der Waals surface area contributed by atoms with Crippen LogP contribution >= 0.6 is 0 Å². The van der Waals surface area contributed by atoms with E-state index in [2.05, 4.69) is 44.2 Å². The fourth-order valence-corrected chi connectivity index (χ4v) is 4.31. The van der Waals surface area contributed by atoms with E-state index in [9.17, 15) is 10.1 Å². The number of nitrogens with zero attached hydrogens (tertiary/aromatic N) is 1. The van der Waals surface area contributed by atoms with Crippen molar-refractivity contribution < 1.29 is 9.53 Å². The summed E-state index contributed by atoms with van der Waals surface area (Å²) in [5.74, 6) is -0.137. The highest BCUT2D eigenvalue weighted by molar-refractivity contribution is 5.92. The zero-order chi connectivity index (χ0) is 24.9. The third-order valence-electron chi connectivity index (χ3n) is 6.38. The molecular formula is C32H37NO2. The van der Waals surface area contributed by atoms with Gasteiger partial charge < -0.3 is 4.74 Å². The van der Waals surface area contributed by atoms with Crippen LogP contribution in [0, 0.1) is 11.3 Å². The van der Waals surface area contributed by atoms with Gasteiger partial charge in [0.2, 0.25) is 0 Å². The van der Waals surface area contributed by atoms with Crippen LogP contribution in [-0.4, -0.2) is 5.97 Å². The van der Waals surface area contributed by atoms with E-state index >= 15 is 0 Å². The van der Waals surface area contributed by atoms with Crippen molar-refractivity contribution in [1.82, 2.24) is 0 Å². The largest absolute Gasteiger partial charge is 0.422 e. The Labute approximate surface area is 210 Å². The number of ether oxygens (including phenoxy) is 1. The van der Waals surface area contributed by atoms with Gasteiger partial charge in [-0.2, -0.15) is 5.26 Å². The number of carbonyl (C=O) groups is 1. The van der Waals surface area contributed by atoms with Crippen LogP contribution in [0.4, 0.5) is 0 Å². The Morgan fingerprint density at radius 2 is 1.31 bits per heavy atom. The van der Waals surface area contributed by atoms with Gasteiger partial charge in [0.05, 0.1) is 11.1 Å². The monoisotopic (exact) mass is 467 g/mol. The van der Waals surface area contributed by atoms with Crippen molar-refractivity contribution in [3.8, 4) is 22.9 Å². The van der Waals surface area contributed by atoms with Gasteiger partial charge in [-0.15, -0.1) is 0 Å². The maximum atomic E-state index is 12.7. The molecule has 3 heteroatoms. The second-order valence-electron chi connectivity index (χ2n) is 9.23. The van der Waals surface area contributed by atoms with Gasteiger partial charge in [-0.05, 0) is 65.8 Å². The van der Waals surface area contributed by atoms with Crippen molar-refractivity contribution in [2.75, 3.05) is 0 Å². The van der Waals surface area contributed by atoms with E-state index < -0.39 is 5.97 Å². The molecule has 3 aromatic rings. The lowest BCUT2D eigenvalue weighted by Crippen LogP contribution is -2.09. The summed E-state index contributed by atoms with van der Waals surface area (Å²) in [4.78, 5) is 12.7. The SMILES string of the molecule is CCCCCCCCCc1ccc(OC(=O)c2ccc(-c3ccc(CCC)cc3)cc2)c(C#N)c1. The Morgan fingerprint density at radius 3 is 1.94 bits per heavy atom. The molecule has 0 heterocycles. The number of carbonyl (C=O) groups excluding carboxylic acids is 1. The van der Waals surface area contributed by atoms with Crippen LogP contribution in [0.2, 0.25) is 0 Å². The molecule has 0 radical (unpaired) electrons. The number of hydrogen-bond donors (Lipinski definition) is 0. The first-order valence-corrected chi connectivity index (χ1v) is 13.1. The number of esters is 1. The fourth-order valence-electron chi connectivity index (χ4n) is 4.31. The lowest BCUT2D eigenvalue weighted by Gasteiger charge is -2.09. The van der Waals surface area contributed by atoms with E-state index in [1.54, 1.807) is 18.2 Å². The summed E-state index contributed by atoms with van der Waals surface area (Å²) in [6.45, 7) is 4.41. The summed E-state index contributed by atoms with van der Waals surface area (Å²) in [5, 5.41) is 9.59. The quantitative estimate of drug-likeness (QED) is 0.143. The number of unbranched alkanes of at least 4 members (excludes halogenated alkanes) is 6. The second-order valence-corrected chi connectivity index (χ2v) is 9.23. The van der Waals surface area contributed by atoms with E-state index in [0.29, 0.717) is 16.9 Å². The Hall–Kier alpha value is -3.38. The minimum atomic E-state index is -0.453. The van der Waals surface area contributed by atoms with Gasteiger partial charge in [0, 0.05) is 0 Å². The number of benzene rings is 3. The summed E-state index contributed by atoms with van der Waals surface area (Å²) < 4.78 is 5.58. The molecule has 0 saturated heterocycles. The molecule has 0 aliphatic carbocycles. The summed E-state index contributed by atoms with van der Waals surface area (Å²) in [6, 6.07) is 23.7. The first-order chi connectivity index (χ1) is 17.1. The summed E-state index contributed by atoms with van der Waals surface area (Å²) >= 11 is 0. The molecule has 3 aromatic carbocycles. The van der Waals surface area contributed by atoms with Gasteiger partial charge in [0.15, 0.2) is 0 Å². The molecule has 0 spiro atoms. The Morgan fingerprint density at radius 1 is 0.714 bits per heavy atom. The minimum absolute atomic E-state index is 0.316. The molecule has 0 saturated carbocycles. The normalized spacial score (nSPS) is 10.7. The van der Waals surface area contributed by atoms with E-state index in [1.165, 1.54) is 44.1 Å². The first-order valence-electron chi connectivity index (χ1n) is 13.1. The predicted octanol–water partition coefficient (Wildman–Crippen LogP) is 8.69. The van der Waals surface area contributed by atoms with E-state index in [1.807, 2.05) is 24.3 Å². The summed E-state index contributed by atoms with van der Waals surface area (Å²) in [5.41, 5.74) is 5.49. The molecule has 0 N–H and O–H groups in total. The lowest BCUT2D eigenvalue weighted by atomic mass is 10.0. The van der Waals surface area contributed by atoms with E-state index in [4.69, 9.17) is 4.74 Å². The highest BCUT2D eigenvalue weighted by Gasteiger charge is 2.13. The van der Waals surface area contributed by atoms with Crippen molar-refractivity contribution in [2.45, 2.75) is 78.1 Å². The molecule has 0 aliphatic heterocycles. The van der Waals surface area contributed by atoms with Gasteiger partial charge in [0.1, 0.15) is 11.8 Å². The lowest BCUT2D eigenvalue weighted by molar-refractivity contribution is 0.0734. The average molecular weight is 468 g/mol. The number of rotatable bonds is 13. The van der Waals surface area contributed by atoms with Gasteiger partial charge >= 0.3 is 5.97 Å². The molecule has 0 fully saturated rings. The molecule has 182 valence electrons. The number of aryl methyl sites for hydroxylation is 2. The standard InChI is InChI=1S/C32H37NO2/c1-3-5-6-7-8-9-10-12-26-15-22-31(30(23-26)24-33)35-32(34)29-20-18-28(19-21-29)27-16-13-25(11-4-2)14-17-27/h13-23H,3-12H2,1-2H3. The van der Waals surface area contributed by atoms with Gasteiger partial charge in [-0.25, -0.2) is 4.79 Å². The molecule has 0 aliphatic rings. The minimum Gasteiger partial charge on any atom is -0.422 e. The molecular weight excluding hydrogens is 430 g/mol. The smallest absolute Gasteiger partial charge is 0.343 e. The highest BCUT2D eigenvalue weighted by atomic mass is 16.5. The van der Waals surface area contributed by atoms with Crippen LogP contribution in [0.5, 0.6) is 5.75 Å². The molecule has 0 atom stereocenters. The Balaban J connectivity index is 1.56. The van der Waals surface area contributed by atoms with Crippen molar-refractivity contribution in [1.29, 1.82) is 5.26 Å². The maximum absolute atomic E-state index is 12.7. The average Bonchev–Trinajstić information content (AvgIpc) is 2.89. The topological polar surface area (TPSA) is 50.1 Å². The van der Waals surface area contributed by atoms with E-state index in [-0.39, 0.29) is 0 Å². The van der Waals surface area contributed by atoms with Crippen molar-refractivity contribution in [3.63, 3.8) is 0 Å². The predicted molar refractivity (Wildman–Crippen MR) is 144 cm³/mol. The van der Waals surface area contributed by atoms with Crippen molar-refractivity contribution >= 4 is 5.97 Å². The van der Waals surface area contributed by atoms with Gasteiger partial charge in [-0.3, -0.25) is 0 Å². The Bertz CT molecular complexity index is 1110. The molecule has 3 rings (SSSR count). The highest BCUT2D eigenvalue weighted by Crippen LogP contribution is 2.24. The molecule has 0 bridgehead atoms. The third-order valence-corrected chi connectivity index (χ3v) is 6.38. The zero-order valence-corrected chi connectivity index (χ0v) is 21.2. The second kappa shape index (κ2) is 14.1. The van der Waals surface area contributed by atoms with Crippen LogP contribution < -0.4 is 4.74 Å². The third kappa shape index (κ3) is 8.11. The molecule has 0 unspecified atom stereocenters. The van der Waals surface area contributed by atoms with Crippen molar-refractivity contribution in [2.24, 2.45) is 0 Å². The van der Waals surface area contributed by atoms with Crippen LogP contribution in [0.1, 0.15) is 92.3 Å². The van der Waals surface area contributed by atoms with Crippen LogP contribution in [0.3, 0.4) is 0 Å². The number of nitriles is 1. The summed E-state index contributed by atoms with van der Waals surface area (Å²) in [6.07, 6.45) is 12.0. The van der Waals surface area contributed by atoms with Gasteiger partial charge in [0.25, 0.3) is 0 Å². The van der Waals surface area contributed by atoms with Crippen LogP contribution in [0.25, 0.3) is 11.1 Å². The van der Waals surface area contributed by atoms with Crippen molar-refractivity contribution in [3.05, 3.63) is 89.0 Å². The zero-order valence-electron chi connectivity index (χ0n) is 21.2. The van der Waals surface area contributed by atoms with Gasteiger partial charge in [-0.1, -0.05) is 101 Å². The molecule has 35 heavy (non-hydrogen) atoms. The maximum Gasteiger partial charge on any atom is 0.343 e. The van der Waals surface area contributed by atoms with Crippen LogP contribution in [0.15, 0.2) is 66.7 Å². The Kier molecular flexibility index (Phi) is 10.6. The first kappa shape index (κ1) is 26.2. The molecule has 3 nitrogen and oxygen atoms in total. The van der Waals surface area contributed by atoms with Crippen LogP contribution in [-0.2, 0) is 12.8 Å². The molecule has 0 aromatic heterocycles. The number of hydrogen-bond acceptors (Lipinski definition) is 3.